The third-order valence-electron chi connectivity index (χ3n) is 2.91. The zero-order valence-corrected chi connectivity index (χ0v) is 11.3. The Balaban J connectivity index is 1.68. The fraction of sp³-hybridized carbons (Fsp3) is 0.143. The lowest BCUT2D eigenvalue weighted by Gasteiger charge is -2.06. The maximum Gasteiger partial charge on any atom is 0.247 e. The summed E-state index contributed by atoms with van der Waals surface area (Å²) in [5.74, 6) is 0.542. The first kappa shape index (κ1) is 11.9. The van der Waals surface area contributed by atoms with Crippen molar-refractivity contribution in [2.75, 3.05) is 5.32 Å². The third-order valence-corrected chi connectivity index (χ3v) is 3.94. The molecule has 2 heterocycles. The summed E-state index contributed by atoms with van der Waals surface area (Å²) in [6.07, 6.45) is 1.33. The summed E-state index contributed by atoms with van der Waals surface area (Å²) in [4.78, 5) is 1.36. The first-order valence-corrected chi connectivity index (χ1v) is 6.84. The van der Waals surface area contributed by atoms with Gasteiger partial charge in [0.15, 0.2) is 0 Å². The molecule has 0 aliphatic carbocycles. The highest BCUT2D eigenvalue weighted by Gasteiger charge is 2.03. The minimum absolute atomic E-state index is 0.542. The van der Waals surface area contributed by atoms with Crippen LogP contribution in [0.5, 0.6) is 0 Å². The van der Waals surface area contributed by atoms with Gasteiger partial charge in [-0.05, 0) is 48.2 Å². The number of nitrogens with one attached hydrogen (secondary N) is 1. The SMILES string of the molecule is Cc1ccsc1CNc1ccc(-c2nnco2)cc1. The number of nitrogens with zero attached hydrogens (tertiary/aromatic N) is 2. The van der Waals surface area contributed by atoms with E-state index in [1.807, 2.05) is 24.3 Å². The number of aryl methyl sites for hydroxylation is 1. The van der Waals surface area contributed by atoms with Crippen LogP contribution in [0.4, 0.5) is 5.69 Å². The van der Waals surface area contributed by atoms with E-state index in [9.17, 15) is 0 Å². The Kier molecular flexibility index (Phi) is 3.29. The maximum atomic E-state index is 5.15. The molecule has 0 saturated carbocycles. The smallest absolute Gasteiger partial charge is 0.247 e. The van der Waals surface area contributed by atoms with Gasteiger partial charge in [0, 0.05) is 22.7 Å². The van der Waals surface area contributed by atoms with Gasteiger partial charge in [-0.1, -0.05) is 0 Å². The molecule has 0 amide bonds. The monoisotopic (exact) mass is 271 g/mol. The van der Waals surface area contributed by atoms with Crippen molar-refractivity contribution >= 4 is 17.0 Å². The molecule has 1 N–H and O–H groups in total. The van der Waals surface area contributed by atoms with Gasteiger partial charge in [-0.3, -0.25) is 0 Å². The molecule has 0 aliphatic heterocycles. The van der Waals surface area contributed by atoms with Crippen LogP contribution in [0.1, 0.15) is 10.4 Å². The fourth-order valence-electron chi connectivity index (χ4n) is 1.80. The Bertz CT molecular complexity index is 644. The van der Waals surface area contributed by atoms with Crippen molar-refractivity contribution in [1.82, 2.24) is 10.2 Å². The standard InChI is InChI=1S/C14H13N3OS/c1-10-6-7-19-13(10)8-15-12-4-2-11(3-5-12)14-17-16-9-18-14/h2-7,9,15H,8H2,1H3. The third kappa shape index (κ3) is 2.66. The van der Waals surface area contributed by atoms with Crippen LogP contribution < -0.4 is 5.32 Å². The van der Waals surface area contributed by atoms with Crippen LogP contribution in [0.3, 0.4) is 0 Å². The highest BCUT2D eigenvalue weighted by molar-refractivity contribution is 7.10. The van der Waals surface area contributed by atoms with E-state index < -0.39 is 0 Å². The minimum Gasteiger partial charge on any atom is -0.423 e. The second kappa shape index (κ2) is 5.24. The van der Waals surface area contributed by atoms with Gasteiger partial charge >= 0.3 is 0 Å². The zero-order chi connectivity index (χ0) is 13.1. The molecule has 4 nitrogen and oxygen atoms in total. The topological polar surface area (TPSA) is 51.0 Å². The van der Waals surface area contributed by atoms with Crippen LogP contribution in [0.2, 0.25) is 0 Å². The van der Waals surface area contributed by atoms with E-state index in [-0.39, 0.29) is 0 Å². The van der Waals surface area contributed by atoms with Crippen molar-refractivity contribution in [3.05, 3.63) is 52.5 Å². The molecule has 0 spiro atoms. The molecular weight excluding hydrogens is 258 g/mol. The molecule has 5 heteroatoms. The van der Waals surface area contributed by atoms with Crippen LogP contribution in [-0.2, 0) is 6.54 Å². The molecule has 0 atom stereocenters. The summed E-state index contributed by atoms with van der Waals surface area (Å²) < 4.78 is 5.15. The summed E-state index contributed by atoms with van der Waals surface area (Å²) >= 11 is 1.77. The van der Waals surface area contributed by atoms with Crippen LogP contribution >= 0.6 is 11.3 Å². The molecule has 3 rings (SSSR count). The predicted octanol–water partition coefficient (Wildman–Crippen LogP) is 3.72. The second-order valence-electron chi connectivity index (χ2n) is 4.20. The van der Waals surface area contributed by atoms with Crippen molar-refractivity contribution in [2.24, 2.45) is 0 Å². The summed E-state index contributed by atoms with van der Waals surface area (Å²) in [6, 6.07) is 10.1. The zero-order valence-electron chi connectivity index (χ0n) is 10.5. The molecule has 2 aromatic heterocycles. The van der Waals surface area contributed by atoms with Gasteiger partial charge in [0.2, 0.25) is 12.3 Å². The number of anilines is 1. The van der Waals surface area contributed by atoms with Crippen molar-refractivity contribution in [3.63, 3.8) is 0 Å². The van der Waals surface area contributed by atoms with Crippen LogP contribution in [0.15, 0.2) is 46.5 Å². The Morgan fingerprint density at radius 2 is 2.05 bits per heavy atom. The Morgan fingerprint density at radius 1 is 1.21 bits per heavy atom. The van der Waals surface area contributed by atoms with Crippen molar-refractivity contribution < 1.29 is 4.42 Å². The maximum absolute atomic E-state index is 5.15. The number of thiophene rings is 1. The number of rotatable bonds is 4. The van der Waals surface area contributed by atoms with E-state index in [1.165, 1.54) is 16.8 Å². The molecule has 0 bridgehead atoms. The van der Waals surface area contributed by atoms with E-state index >= 15 is 0 Å². The average molecular weight is 271 g/mol. The minimum atomic E-state index is 0.542. The van der Waals surface area contributed by atoms with E-state index in [1.54, 1.807) is 11.3 Å². The number of hydrogen-bond acceptors (Lipinski definition) is 5. The number of hydrogen-bond donors (Lipinski definition) is 1. The van der Waals surface area contributed by atoms with Gasteiger partial charge in [-0.15, -0.1) is 21.5 Å². The molecule has 19 heavy (non-hydrogen) atoms. The van der Waals surface area contributed by atoms with Gasteiger partial charge in [-0.2, -0.15) is 0 Å². The van der Waals surface area contributed by atoms with Gasteiger partial charge in [0.25, 0.3) is 0 Å². The lowest BCUT2D eigenvalue weighted by molar-refractivity contribution is 0.568. The predicted molar refractivity (Wildman–Crippen MR) is 76.1 cm³/mol. The fourth-order valence-corrected chi connectivity index (χ4v) is 2.64. The quantitative estimate of drug-likeness (QED) is 0.785. The Morgan fingerprint density at radius 3 is 2.68 bits per heavy atom. The van der Waals surface area contributed by atoms with Crippen LogP contribution in [0, 0.1) is 6.92 Å². The lowest BCUT2D eigenvalue weighted by Crippen LogP contribution is -1.98. The normalized spacial score (nSPS) is 10.6. The van der Waals surface area contributed by atoms with Crippen molar-refractivity contribution in [1.29, 1.82) is 0 Å². The van der Waals surface area contributed by atoms with Gasteiger partial charge < -0.3 is 9.73 Å². The lowest BCUT2D eigenvalue weighted by atomic mass is 10.2. The van der Waals surface area contributed by atoms with Gasteiger partial charge in [0.1, 0.15) is 0 Å². The molecule has 0 aliphatic rings. The molecule has 1 aromatic carbocycles. The summed E-state index contributed by atoms with van der Waals surface area (Å²) in [6.45, 7) is 2.98. The number of aromatic nitrogens is 2. The average Bonchev–Trinajstić information content (AvgIpc) is 3.09. The van der Waals surface area contributed by atoms with E-state index in [4.69, 9.17) is 4.42 Å². The molecular formula is C14H13N3OS. The first-order valence-electron chi connectivity index (χ1n) is 5.96. The molecule has 3 aromatic rings. The van der Waals surface area contributed by atoms with Gasteiger partial charge in [0.05, 0.1) is 0 Å². The van der Waals surface area contributed by atoms with Crippen LogP contribution in [-0.4, -0.2) is 10.2 Å². The molecule has 0 fully saturated rings. The van der Waals surface area contributed by atoms with E-state index in [2.05, 4.69) is 33.9 Å². The van der Waals surface area contributed by atoms with Gasteiger partial charge in [-0.25, -0.2) is 0 Å². The highest BCUT2D eigenvalue weighted by Crippen LogP contribution is 2.21. The molecule has 0 unspecified atom stereocenters. The second-order valence-corrected chi connectivity index (χ2v) is 5.20. The molecule has 0 saturated heterocycles. The van der Waals surface area contributed by atoms with Crippen LogP contribution in [0.25, 0.3) is 11.5 Å². The molecule has 0 radical (unpaired) electrons. The van der Waals surface area contributed by atoms with Crippen molar-refractivity contribution in [3.8, 4) is 11.5 Å². The van der Waals surface area contributed by atoms with E-state index in [0.717, 1.165) is 17.8 Å². The van der Waals surface area contributed by atoms with Crippen molar-refractivity contribution in [2.45, 2.75) is 13.5 Å². The first-order chi connectivity index (χ1) is 9.33. The summed E-state index contributed by atoms with van der Waals surface area (Å²) in [5.41, 5.74) is 3.34. The highest BCUT2D eigenvalue weighted by atomic mass is 32.1. The summed E-state index contributed by atoms with van der Waals surface area (Å²) in [5, 5.41) is 13.1. The Labute approximate surface area is 115 Å². The molecule has 96 valence electrons. The number of benzene rings is 1. The summed E-state index contributed by atoms with van der Waals surface area (Å²) in [7, 11) is 0. The van der Waals surface area contributed by atoms with E-state index in [0.29, 0.717) is 5.89 Å². The largest absolute Gasteiger partial charge is 0.423 e. The Hall–Kier alpha value is -2.14.